The Morgan fingerprint density at radius 1 is 1.32 bits per heavy atom. The van der Waals surface area contributed by atoms with Gasteiger partial charge in [-0.3, -0.25) is 9.79 Å². The number of carbonyl (C=O) groups is 1. The normalized spacial score (nSPS) is 20.0. The molecule has 0 aromatic heterocycles. The number of carbonyl (C=O) groups excluding carboxylic acids is 1. The molecule has 0 bridgehead atoms. The van der Waals surface area contributed by atoms with Gasteiger partial charge in [-0.1, -0.05) is 25.1 Å². The van der Waals surface area contributed by atoms with Gasteiger partial charge in [0, 0.05) is 26.7 Å². The average molecular weight is 461 g/mol. The molecule has 0 amide bonds. The summed E-state index contributed by atoms with van der Waals surface area (Å²) in [4.78, 5) is 18.3. The SMILES string of the molecule is CN=C(NCCc1ccccc1OC)N1CC(C)C(C(=O)OC)C1.I. The maximum Gasteiger partial charge on any atom is 0.310 e. The number of methoxy groups -OCH3 is 2. The molecule has 140 valence electrons. The van der Waals surface area contributed by atoms with E-state index in [4.69, 9.17) is 9.47 Å². The summed E-state index contributed by atoms with van der Waals surface area (Å²) in [6, 6.07) is 8.00. The highest BCUT2D eigenvalue weighted by Crippen LogP contribution is 2.24. The second kappa shape index (κ2) is 10.5. The predicted molar refractivity (Wildman–Crippen MR) is 110 cm³/mol. The lowest BCUT2D eigenvalue weighted by molar-refractivity contribution is -0.145. The Balaban J connectivity index is 0.00000312. The molecule has 1 heterocycles. The van der Waals surface area contributed by atoms with E-state index >= 15 is 0 Å². The number of para-hydroxylation sites is 1. The van der Waals surface area contributed by atoms with Crippen molar-refractivity contribution in [2.45, 2.75) is 13.3 Å². The van der Waals surface area contributed by atoms with Gasteiger partial charge >= 0.3 is 5.97 Å². The van der Waals surface area contributed by atoms with Crippen molar-refractivity contribution in [3.8, 4) is 5.75 Å². The topological polar surface area (TPSA) is 63.2 Å². The molecule has 1 saturated heterocycles. The highest BCUT2D eigenvalue weighted by atomic mass is 127. The fourth-order valence-electron chi connectivity index (χ4n) is 3.15. The minimum atomic E-state index is -0.144. The monoisotopic (exact) mass is 461 g/mol. The van der Waals surface area contributed by atoms with Crippen LogP contribution in [0.4, 0.5) is 0 Å². The highest BCUT2D eigenvalue weighted by molar-refractivity contribution is 14.0. The molecule has 2 rings (SSSR count). The predicted octanol–water partition coefficient (Wildman–Crippen LogP) is 2.17. The van der Waals surface area contributed by atoms with Crippen LogP contribution in [0.15, 0.2) is 29.3 Å². The van der Waals surface area contributed by atoms with Gasteiger partial charge in [0.05, 0.1) is 20.1 Å². The van der Waals surface area contributed by atoms with E-state index in [0.717, 1.165) is 36.8 Å². The summed E-state index contributed by atoms with van der Waals surface area (Å²) in [7, 11) is 4.89. The number of likely N-dealkylation sites (tertiary alicyclic amines) is 1. The van der Waals surface area contributed by atoms with Gasteiger partial charge in [0.15, 0.2) is 5.96 Å². The van der Waals surface area contributed by atoms with Crippen molar-refractivity contribution < 1.29 is 14.3 Å². The molecule has 2 atom stereocenters. The molecule has 0 aliphatic carbocycles. The van der Waals surface area contributed by atoms with Crippen LogP contribution < -0.4 is 10.1 Å². The van der Waals surface area contributed by atoms with Crippen LogP contribution in [-0.4, -0.2) is 57.7 Å². The lowest BCUT2D eigenvalue weighted by atomic mass is 9.99. The maximum absolute atomic E-state index is 11.8. The number of hydrogen-bond acceptors (Lipinski definition) is 4. The average Bonchev–Trinajstić information content (AvgIpc) is 2.99. The van der Waals surface area contributed by atoms with Gasteiger partial charge in [-0.15, -0.1) is 24.0 Å². The number of aliphatic imine (C=N–C) groups is 1. The number of halogens is 1. The fraction of sp³-hybridized carbons (Fsp3) is 0.556. The van der Waals surface area contributed by atoms with Crippen LogP contribution in [0, 0.1) is 11.8 Å². The zero-order valence-corrected chi connectivity index (χ0v) is 17.7. The van der Waals surface area contributed by atoms with Gasteiger partial charge in [0.25, 0.3) is 0 Å². The smallest absolute Gasteiger partial charge is 0.310 e. The third-order valence-corrected chi connectivity index (χ3v) is 4.50. The van der Waals surface area contributed by atoms with Crippen molar-refractivity contribution in [3.05, 3.63) is 29.8 Å². The first-order valence-corrected chi connectivity index (χ1v) is 8.26. The zero-order chi connectivity index (χ0) is 17.5. The second-order valence-electron chi connectivity index (χ2n) is 6.05. The van der Waals surface area contributed by atoms with Crippen LogP contribution in [-0.2, 0) is 16.0 Å². The van der Waals surface area contributed by atoms with E-state index in [1.165, 1.54) is 7.11 Å². The molecule has 0 radical (unpaired) electrons. The van der Waals surface area contributed by atoms with Gasteiger partial charge in [0.1, 0.15) is 5.75 Å². The molecule has 6 nitrogen and oxygen atoms in total. The molecule has 1 aromatic carbocycles. The van der Waals surface area contributed by atoms with Gasteiger partial charge in [-0.2, -0.15) is 0 Å². The van der Waals surface area contributed by atoms with Crippen molar-refractivity contribution in [1.29, 1.82) is 0 Å². The van der Waals surface area contributed by atoms with Crippen LogP contribution in [0.25, 0.3) is 0 Å². The van der Waals surface area contributed by atoms with E-state index < -0.39 is 0 Å². The number of hydrogen-bond donors (Lipinski definition) is 1. The van der Waals surface area contributed by atoms with Crippen molar-refractivity contribution in [1.82, 2.24) is 10.2 Å². The summed E-state index contributed by atoms with van der Waals surface area (Å²) >= 11 is 0. The van der Waals surface area contributed by atoms with E-state index in [9.17, 15) is 4.79 Å². The Kier molecular flexibility index (Phi) is 9.02. The maximum atomic E-state index is 11.8. The first kappa shape index (κ1) is 21.5. The Hall–Kier alpha value is -1.51. The van der Waals surface area contributed by atoms with E-state index in [0.29, 0.717) is 6.54 Å². The van der Waals surface area contributed by atoms with Gasteiger partial charge in [0.2, 0.25) is 0 Å². The minimum absolute atomic E-state index is 0. The molecule has 1 N–H and O–H groups in total. The van der Waals surface area contributed by atoms with E-state index in [1.807, 2.05) is 18.2 Å². The van der Waals surface area contributed by atoms with Crippen LogP contribution in [0.3, 0.4) is 0 Å². The first-order valence-electron chi connectivity index (χ1n) is 8.26. The number of guanidine groups is 1. The van der Waals surface area contributed by atoms with Crippen LogP contribution >= 0.6 is 24.0 Å². The molecule has 0 saturated carbocycles. The Labute approximate surface area is 167 Å². The van der Waals surface area contributed by atoms with E-state index in [2.05, 4.69) is 28.2 Å². The highest BCUT2D eigenvalue weighted by Gasteiger charge is 2.36. The molecule has 25 heavy (non-hydrogen) atoms. The third kappa shape index (κ3) is 5.49. The number of ether oxygens (including phenoxy) is 2. The number of esters is 1. The quantitative estimate of drug-likeness (QED) is 0.315. The standard InChI is InChI=1S/C18H27N3O3.HI/c1-13-11-21(12-15(13)17(22)24-4)18(19-2)20-10-9-14-7-5-6-8-16(14)23-3;/h5-8,13,15H,9-12H2,1-4H3,(H,19,20);1H. The summed E-state index contributed by atoms with van der Waals surface area (Å²) in [5.41, 5.74) is 1.16. The Bertz CT molecular complexity index is 595. The number of nitrogens with zero attached hydrogens (tertiary/aromatic N) is 2. The Morgan fingerprint density at radius 3 is 2.68 bits per heavy atom. The zero-order valence-electron chi connectivity index (χ0n) is 15.3. The molecule has 1 aliphatic heterocycles. The fourth-order valence-corrected chi connectivity index (χ4v) is 3.15. The Morgan fingerprint density at radius 2 is 2.04 bits per heavy atom. The van der Waals surface area contributed by atoms with E-state index in [-0.39, 0.29) is 41.8 Å². The summed E-state index contributed by atoms with van der Waals surface area (Å²) in [5, 5.41) is 3.38. The molecule has 0 spiro atoms. The van der Waals surface area contributed by atoms with Crippen molar-refractivity contribution in [3.63, 3.8) is 0 Å². The summed E-state index contributed by atoms with van der Waals surface area (Å²) in [6.07, 6.45) is 0.840. The van der Waals surface area contributed by atoms with Crippen LogP contribution in [0.5, 0.6) is 5.75 Å². The lowest BCUT2D eigenvalue weighted by Gasteiger charge is -2.21. The van der Waals surface area contributed by atoms with Crippen molar-refractivity contribution >= 4 is 35.9 Å². The van der Waals surface area contributed by atoms with Crippen LogP contribution in [0.2, 0.25) is 0 Å². The molecule has 2 unspecified atom stereocenters. The van der Waals surface area contributed by atoms with Crippen molar-refractivity contribution in [2.24, 2.45) is 16.8 Å². The van der Waals surface area contributed by atoms with Gasteiger partial charge < -0.3 is 19.7 Å². The molecule has 1 aromatic rings. The summed E-state index contributed by atoms with van der Waals surface area (Å²) in [5.74, 6) is 1.74. The summed E-state index contributed by atoms with van der Waals surface area (Å²) in [6.45, 7) is 4.26. The first-order chi connectivity index (χ1) is 11.6. The van der Waals surface area contributed by atoms with Crippen LogP contribution in [0.1, 0.15) is 12.5 Å². The number of rotatable bonds is 5. The molecule has 1 fully saturated rings. The van der Waals surface area contributed by atoms with Crippen molar-refractivity contribution in [2.75, 3.05) is 40.9 Å². The second-order valence-corrected chi connectivity index (χ2v) is 6.05. The molecular formula is C18H28IN3O3. The number of nitrogens with one attached hydrogen (secondary N) is 1. The van der Waals surface area contributed by atoms with Gasteiger partial charge in [-0.25, -0.2) is 0 Å². The van der Waals surface area contributed by atoms with Gasteiger partial charge in [-0.05, 0) is 24.0 Å². The molecule has 1 aliphatic rings. The minimum Gasteiger partial charge on any atom is -0.496 e. The third-order valence-electron chi connectivity index (χ3n) is 4.50. The molecular weight excluding hydrogens is 433 g/mol. The van der Waals surface area contributed by atoms with E-state index in [1.54, 1.807) is 14.2 Å². The number of benzene rings is 1. The summed E-state index contributed by atoms with van der Waals surface area (Å²) < 4.78 is 10.3. The molecule has 7 heteroatoms. The lowest BCUT2D eigenvalue weighted by Crippen LogP contribution is -2.41. The largest absolute Gasteiger partial charge is 0.496 e.